The molecule has 4 aromatic carbocycles. The number of anilines is 2. The monoisotopic (exact) mass is 701 g/mol. The second kappa shape index (κ2) is 14.6. The van der Waals surface area contributed by atoms with Crippen molar-refractivity contribution in [3.05, 3.63) is 129 Å². The first-order valence-corrected chi connectivity index (χ1v) is 15.0. The van der Waals surface area contributed by atoms with Crippen LogP contribution >= 0.6 is 39.3 Å². The molecule has 0 spiro atoms. The van der Waals surface area contributed by atoms with Crippen LogP contribution in [0, 0.1) is 0 Å². The Balaban J connectivity index is 1.49. The lowest BCUT2D eigenvalue weighted by molar-refractivity contribution is -0.137. The average molecular weight is 703 g/mol. The fourth-order valence-corrected chi connectivity index (χ4v) is 5.42. The van der Waals surface area contributed by atoms with Gasteiger partial charge in [-0.2, -0.15) is 13.2 Å². The van der Waals surface area contributed by atoms with Gasteiger partial charge in [-0.3, -0.25) is 14.4 Å². The van der Waals surface area contributed by atoms with E-state index < -0.39 is 40.4 Å². The van der Waals surface area contributed by atoms with E-state index in [0.29, 0.717) is 21.7 Å². The minimum absolute atomic E-state index is 0.00816. The number of amides is 3. The maximum atomic E-state index is 13.4. The van der Waals surface area contributed by atoms with Gasteiger partial charge in [-0.1, -0.05) is 63.9 Å². The van der Waals surface area contributed by atoms with Crippen molar-refractivity contribution in [3.63, 3.8) is 0 Å². The predicted molar refractivity (Wildman–Crippen MR) is 172 cm³/mol. The molecule has 0 heterocycles. The number of hydrogen-bond acceptors (Lipinski definition) is 4. The highest BCUT2D eigenvalue weighted by Gasteiger charge is 2.34. The Morgan fingerprint density at radius 3 is 2.32 bits per heavy atom. The summed E-state index contributed by atoms with van der Waals surface area (Å²) in [5.41, 5.74) is -0.0533. The molecule has 0 radical (unpaired) electrons. The molecule has 0 aliphatic heterocycles. The Morgan fingerprint density at radius 2 is 1.61 bits per heavy atom. The molecule has 0 fully saturated rings. The van der Waals surface area contributed by atoms with Gasteiger partial charge < -0.3 is 16.0 Å². The number of rotatable bonds is 9. The van der Waals surface area contributed by atoms with Crippen molar-refractivity contribution in [3.8, 4) is 0 Å². The van der Waals surface area contributed by atoms with Gasteiger partial charge in [0.15, 0.2) is 0 Å². The number of hydrogen-bond donors (Lipinski definition) is 3. The van der Waals surface area contributed by atoms with Crippen LogP contribution in [0.1, 0.15) is 28.4 Å². The molecule has 1 unspecified atom stereocenters. The Hall–Kier alpha value is -4.06. The van der Waals surface area contributed by atoms with Crippen LogP contribution in [0.5, 0.6) is 0 Å². The van der Waals surface area contributed by atoms with Crippen LogP contribution in [0.3, 0.4) is 0 Å². The van der Waals surface area contributed by atoms with Crippen LogP contribution in [0.25, 0.3) is 6.08 Å². The molecular weight excluding hydrogens is 679 g/mol. The summed E-state index contributed by atoms with van der Waals surface area (Å²) in [6.07, 6.45) is -3.17. The molecule has 3 amide bonds. The molecule has 0 saturated heterocycles. The molecule has 0 aromatic heterocycles. The standard InChI is InChI=1S/C32H24BrClF3N3O3S/c1-19(29(41)39-27-14-13-23(34)17-26(27)32(35,36)37)44-25-12-6-11-24(18-25)38-31(43)28(16-20-7-5-10-22(33)15-20)40-30(42)21-8-3-2-4-9-21/h2-19H,1H3,(H,38,43)(H,39,41)(H,40,42)/b28-16+. The highest BCUT2D eigenvalue weighted by molar-refractivity contribution is 9.10. The second-order valence-corrected chi connectivity index (χ2v) is 12.1. The third-order valence-electron chi connectivity index (χ3n) is 6.01. The number of thioether (sulfide) groups is 1. The van der Waals surface area contributed by atoms with Gasteiger partial charge in [0.05, 0.1) is 16.5 Å². The Morgan fingerprint density at radius 1 is 0.886 bits per heavy atom. The number of benzene rings is 4. The molecule has 4 rings (SSSR count). The van der Waals surface area contributed by atoms with E-state index in [1.807, 2.05) is 6.07 Å². The third kappa shape index (κ3) is 9.22. The quantitative estimate of drug-likeness (QED) is 0.120. The lowest BCUT2D eigenvalue weighted by Crippen LogP contribution is -2.30. The number of carbonyl (C=O) groups is 3. The number of carbonyl (C=O) groups excluding carboxylic acids is 3. The van der Waals surface area contributed by atoms with Gasteiger partial charge in [0.1, 0.15) is 5.70 Å². The molecule has 0 bridgehead atoms. The first-order chi connectivity index (χ1) is 20.9. The van der Waals surface area contributed by atoms with Gasteiger partial charge in [0.25, 0.3) is 11.8 Å². The van der Waals surface area contributed by atoms with Crippen LogP contribution in [0.15, 0.2) is 112 Å². The summed E-state index contributed by atoms with van der Waals surface area (Å²) >= 11 is 10.2. The zero-order valence-corrected chi connectivity index (χ0v) is 26.1. The number of alkyl halides is 3. The Bertz CT molecular complexity index is 1720. The van der Waals surface area contributed by atoms with Gasteiger partial charge in [0.2, 0.25) is 5.91 Å². The van der Waals surface area contributed by atoms with Crippen molar-refractivity contribution < 1.29 is 27.6 Å². The van der Waals surface area contributed by atoms with Gasteiger partial charge in [-0.15, -0.1) is 11.8 Å². The van der Waals surface area contributed by atoms with Crippen LogP contribution in [-0.2, 0) is 15.8 Å². The predicted octanol–water partition coefficient (Wildman–Crippen LogP) is 8.65. The molecule has 12 heteroatoms. The lowest BCUT2D eigenvalue weighted by Gasteiger charge is -2.17. The average Bonchev–Trinajstić information content (AvgIpc) is 2.97. The molecule has 6 nitrogen and oxygen atoms in total. The van der Waals surface area contributed by atoms with Crippen molar-refractivity contribution >= 4 is 74.5 Å². The van der Waals surface area contributed by atoms with Crippen LogP contribution in [0.2, 0.25) is 5.02 Å². The van der Waals surface area contributed by atoms with E-state index in [-0.39, 0.29) is 10.7 Å². The zero-order valence-electron chi connectivity index (χ0n) is 22.9. The molecule has 3 N–H and O–H groups in total. The topological polar surface area (TPSA) is 87.3 Å². The summed E-state index contributed by atoms with van der Waals surface area (Å²) in [7, 11) is 0. The molecular formula is C32H24BrClF3N3O3S. The minimum Gasteiger partial charge on any atom is -0.325 e. The smallest absolute Gasteiger partial charge is 0.325 e. The summed E-state index contributed by atoms with van der Waals surface area (Å²) in [6, 6.07) is 25.3. The summed E-state index contributed by atoms with van der Waals surface area (Å²) in [6.45, 7) is 1.55. The molecule has 44 heavy (non-hydrogen) atoms. The normalized spacial score (nSPS) is 12.3. The third-order valence-corrected chi connectivity index (χ3v) is 7.83. The van der Waals surface area contributed by atoms with E-state index in [2.05, 4.69) is 31.9 Å². The highest BCUT2D eigenvalue weighted by Crippen LogP contribution is 2.37. The van der Waals surface area contributed by atoms with Gasteiger partial charge in [-0.25, -0.2) is 0 Å². The summed E-state index contributed by atoms with van der Waals surface area (Å²) in [5, 5.41) is 6.86. The van der Waals surface area contributed by atoms with Crippen molar-refractivity contribution in [1.82, 2.24) is 5.32 Å². The lowest BCUT2D eigenvalue weighted by atomic mass is 10.1. The molecule has 0 saturated carbocycles. The van der Waals surface area contributed by atoms with E-state index in [0.717, 1.165) is 28.4 Å². The van der Waals surface area contributed by atoms with Crippen LogP contribution in [0.4, 0.5) is 24.5 Å². The van der Waals surface area contributed by atoms with Crippen molar-refractivity contribution in [2.75, 3.05) is 10.6 Å². The number of nitrogens with one attached hydrogen (secondary N) is 3. The first-order valence-electron chi connectivity index (χ1n) is 13.0. The van der Waals surface area contributed by atoms with E-state index >= 15 is 0 Å². The summed E-state index contributed by atoms with van der Waals surface area (Å²) in [4.78, 5) is 39.6. The van der Waals surface area contributed by atoms with E-state index in [4.69, 9.17) is 11.6 Å². The van der Waals surface area contributed by atoms with Gasteiger partial charge >= 0.3 is 6.18 Å². The van der Waals surface area contributed by atoms with Crippen LogP contribution in [-0.4, -0.2) is 23.0 Å². The van der Waals surface area contributed by atoms with Gasteiger partial charge in [0, 0.05) is 25.6 Å². The summed E-state index contributed by atoms with van der Waals surface area (Å²) in [5.74, 6) is -1.72. The number of halogens is 5. The maximum absolute atomic E-state index is 13.4. The van der Waals surface area contributed by atoms with E-state index in [9.17, 15) is 27.6 Å². The fourth-order valence-electron chi connectivity index (χ4n) is 3.90. The van der Waals surface area contributed by atoms with E-state index in [1.165, 1.54) is 12.1 Å². The molecule has 0 aliphatic carbocycles. The van der Waals surface area contributed by atoms with Crippen LogP contribution < -0.4 is 16.0 Å². The van der Waals surface area contributed by atoms with Crippen molar-refractivity contribution in [2.24, 2.45) is 0 Å². The van der Waals surface area contributed by atoms with Gasteiger partial charge in [-0.05, 0) is 79.2 Å². The maximum Gasteiger partial charge on any atom is 0.418 e. The molecule has 226 valence electrons. The zero-order chi connectivity index (χ0) is 31.9. The van der Waals surface area contributed by atoms with E-state index in [1.54, 1.807) is 79.7 Å². The SMILES string of the molecule is CC(Sc1cccc(NC(=O)/C(=C\c2cccc(Br)c2)NC(=O)c2ccccc2)c1)C(=O)Nc1ccc(Cl)cc1C(F)(F)F. The highest BCUT2D eigenvalue weighted by atomic mass is 79.9. The van der Waals surface area contributed by atoms with Crippen molar-refractivity contribution in [1.29, 1.82) is 0 Å². The Labute approximate surface area is 269 Å². The minimum atomic E-state index is -4.71. The first kappa shape index (κ1) is 32.8. The Kier molecular flexibility index (Phi) is 10.9. The molecule has 0 aliphatic rings. The summed E-state index contributed by atoms with van der Waals surface area (Å²) < 4.78 is 41.1. The van der Waals surface area contributed by atoms with Crippen molar-refractivity contribution in [2.45, 2.75) is 23.2 Å². The largest absolute Gasteiger partial charge is 0.418 e. The molecule has 4 aromatic rings. The second-order valence-electron chi connectivity index (χ2n) is 9.35. The fraction of sp³-hybridized carbons (Fsp3) is 0.0938. The molecule has 1 atom stereocenters.